The first kappa shape index (κ1) is 21.6. The Morgan fingerprint density at radius 1 is 1.19 bits per heavy atom. The second-order valence-electron chi connectivity index (χ2n) is 8.59. The number of hydrogen-bond donors (Lipinski definition) is 1. The van der Waals surface area contributed by atoms with Gasteiger partial charge >= 0.3 is 6.09 Å². The van der Waals surface area contributed by atoms with E-state index in [-0.39, 0.29) is 30.6 Å². The number of rotatable bonds is 8. The van der Waals surface area contributed by atoms with Crippen LogP contribution in [0.5, 0.6) is 0 Å². The predicted octanol–water partition coefficient (Wildman–Crippen LogP) is 4.39. The van der Waals surface area contributed by atoms with Gasteiger partial charge in [-0.05, 0) is 55.5 Å². The zero-order valence-corrected chi connectivity index (χ0v) is 18.0. The fourth-order valence-electron chi connectivity index (χ4n) is 4.38. The van der Waals surface area contributed by atoms with Crippen molar-refractivity contribution in [1.29, 1.82) is 5.26 Å². The fraction of sp³-hybridized carbons (Fsp3) is 0.346. The van der Waals surface area contributed by atoms with Crippen molar-refractivity contribution in [2.24, 2.45) is 0 Å². The molecule has 6 nitrogen and oxygen atoms in total. The van der Waals surface area contributed by atoms with Gasteiger partial charge in [-0.3, -0.25) is 4.79 Å². The molecular weight excluding hydrogens is 402 g/mol. The van der Waals surface area contributed by atoms with Gasteiger partial charge in [0, 0.05) is 24.1 Å². The molecule has 1 N–H and O–H groups in total. The summed E-state index contributed by atoms with van der Waals surface area (Å²) in [5.41, 5.74) is 1.76. The smallest absolute Gasteiger partial charge is 0.410 e. The fourth-order valence-corrected chi connectivity index (χ4v) is 4.38. The molecule has 2 aliphatic carbocycles. The van der Waals surface area contributed by atoms with Gasteiger partial charge in [0.1, 0.15) is 6.61 Å². The van der Waals surface area contributed by atoms with Crippen LogP contribution in [0.2, 0.25) is 0 Å². The Balaban J connectivity index is 1.49. The summed E-state index contributed by atoms with van der Waals surface area (Å²) in [7, 11) is 0. The van der Waals surface area contributed by atoms with Gasteiger partial charge in [0.25, 0.3) is 5.91 Å². The van der Waals surface area contributed by atoms with Gasteiger partial charge in [-0.1, -0.05) is 43.0 Å². The van der Waals surface area contributed by atoms with Gasteiger partial charge in [-0.2, -0.15) is 5.26 Å². The molecule has 2 aromatic rings. The van der Waals surface area contributed by atoms with Crippen LogP contribution in [0.1, 0.15) is 53.1 Å². The lowest BCUT2D eigenvalue weighted by molar-refractivity contribution is 0.0604. The van der Waals surface area contributed by atoms with E-state index in [4.69, 9.17) is 10.00 Å². The second kappa shape index (κ2) is 9.27. The summed E-state index contributed by atoms with van der Waals surface area (Å²) in [5, 5.41) is 12.1. The zero-order valence-electron chi connectivity index (χ0n) is 18.0. The maximum atomic E-state index is 12.9. The third kappa shape index (κ3) is 4.67. The van der Waals surface area contributed by atoms with Gasteiger partial charge in [0.2, 0.25) is 0 Å². The Bertz CT molecular complexity index is 1020. The summed E-state index contributed by atoms with van der Waals surface area (Å²) in [6, 6.07) is 18.9. The lowest BCUT2D eigenvalue weighted by Gasteiger charge is -2.45. The van der Waals surface area contributed by atoms with E-state index in [1.54, 1.807) is 35.2 Å². The van der Waals surface area contributed by atoms with Gasteiger partial charge in [-0.25, -0.2) is 4.79 Å². The molecule has 2 unspecified atom stereocenters. The Morgan fingerprint density at radius 2 is 1.91 bits per heavy atom. The summed E-state index contributed by atoms with van der Waals surface area (Å²) in [4.78, 5) is 27.6. The van der Waals surface area contributed by atoms with E-state index in [0.717, 1.165) is 25.7 Å². The monoisotopic (exact) mass is 429 g/mol. The topological polar surface area (TPSA) is 82.4 Å². The lowest BCUT2D eigenvalue weighted by atomic mass is 9.76. The van der Waals surface area contributed by atoms with Crippen LogP contribution in [-0.4, -0.2) is 41.6 Å². The summed E-state index contributed by atoms with van der Waals surface area (Å²) in [5.74, 6) is 0.0860. The Labute approximate surface area is 188 Å². The third-order valence-corrected chi connectivity index (χ3v) is 6.38. The van der Waals surface area contributed by atoms with Crippen LogP contribution >= 0.6 is 0 Å². The minimum Gasteiger partial charge on any atom is -0.445 e. The summed E-state index contributed by atoms with van der Waals surface area (Å²) in [6.45, 7) is 4.20. The number of benzene rings is 2. The number of nitrogens with one attached hydrogen (secondary N) is 1. The van der Waals surface area contributed by atoms with Crippen LogP contribution < -0.4 is 5.32 Å². The molecule has 0 bridgehead atoms. The molecule has 0 aliphatic heterocycles. The first-order chi connectivity index (χ1) is 15.5. The number of nitrogens with zero attached hydrogens (tertiary/aromatic N) is 2. The minimum atomic E-state index is -0.470. The average Bonchev–Trinajstić information content (AvgIpc) is 3.60. The SMILES string of the molecule is C=CCOC(=O)N(CC1(NC(=O)c2ccc(C#N)cc2)CCC1)C1CC1c1ccccc1. The minimum absolute atomic E-state index is 0.0546. The van der Waals surface area contributed by atoms with Crippen LogP contribution in [0.3, 0.4) is 0 Å². The van der Waals surface area contributed by atoms with Crippen molar-refractivity contribution < 1.29 is 14.3 Å². The van der Waals surface area contributed by atoms with Crippen LogP contribution in [0.15, 0.2) is 67.3 Å². The Hall–Kier alpha value is -3.59. The predicted molar refractivity (Wildman–Crippen MR) is 121 cm³/mol. The number of ether oxygens (including phenoxy) is 1. The summed E-state index contributed by atoms with van der Waals surface area (Å²) in [6.07, 6.45) is 4.69. The van der Waals surface area contributed by atoms with Crippen molar-refractivity contribution in [2.45, 2.75) is 43.2 Å². The zero-order chi connectivity index (χ0) is 22.6. The number of hydrogen-bond acceptors (Lipinski definition) is 4. The van der Waals surface area contributed by atoms with Gasteiger partial charge in [0.15, 0.2) is 0 Å². The molecule has 2 fully saturated rings. The molecular formula is C26H27N3O3. The van der Waals surface area contributed by atoms with Crippen LogP contribution in [0.25, 0.3) is 0 Å². The molecule has 0 spiro atoms. The second-order valence-corrected chi connectivity index (χ2v) is 8.59. The molecule has 164 valence electrons. The van der Waals surface area contributed by atoms with Crippen molar-refractivity contribution in [1.82, 2.24) is 10.2 Å². The first-order valence-electron chi connectivity index (χ1n) is 11.0. The molecule has 32 heavy (non-hydrogen) atoms. The first-order valence-corrected chi connectivity index (χ1v) is 11.0. The highest BCUT2D eigenvalue weighted by Crippen LogP contribution is 2.46. The van der Waals surface area contributed by atoms with E-state index in [1.165, 1.54) is 5.56 Å². The highest BCUT2D eigenvalue weighted by atomic mass is 16.6. The van der Waals surface area contributed by atoms with Crippen molar-refractivity contribution in [3.8, 4) is 6.07 Å². The number of nitriles is 1. The van der Waals surface area contributed by atoms with Gasteiger partial charge < -0.3 is 15.0 Å². The van der Waals surface area contributed by atoms with E-state index in [0.29, 0.717) is 17.7 Å². The maximum absolute atomic E-state index is 12.9. The number of carbonyl (C=O) groups excluding carboxylic acids is 2. The largest absolute Gasteiger partial charge is 0.445 e. The van der Waals surface area contributed by atoms with Crippen LogP contribution in [0.4, 0.5) is 4.79 Å². The Kier molecular flexibility index (Phi) is 6.27. The quantitative estimate of drug-likeness (QED) is 0.631. The standard InChI is InChI=1S/C26H27N3O3/c1-2-15-32-25(31)29(23-16-22(23)20-7-4-3-5-8-20)18-26(13-6-14-26)28-24(30)21-11-9-19(17-27)10-12-21/h2-5,7-12,22-23H,1,6,13-16,18H2,(H,28,30). The molecule has 6 heteroatoms. The van der Waals surface area contributed by atoms with Gasteiger partial charge in [0.05, 0.1) is 17.2 Å². The molecule has 4 rings (SSSR count). The molecule has 2 aromatic carbocycles. The van der Waals surface area contributed by atoms with E-state index in [2.05, 4.69) is 30.1 Å². The maximum Gasteiger partial charge on any atom is 0.410 e. The van der Waals surface area contributed by atoms with Gasteiger partial charge in [-0.15, -0.1) is 0 Å². The van der Waals surface area contributed by atoms with E-state index in [1.807, 2.05) is 18.2 Å². The van der Waals surface area contributed by atoms with Crippen molar-refractivity contribution in [3.05, 3.63) is 83.9 Å². The normalized spacial score (nSPS) is 20.2. The summed E-state index contributed by atoms with van der Waals surface area (Å²) >= 11 is 0. The van der Waals surface area contributed by atoms with E-state index in [9.17, 15) is 9.59 Å². The molecule has 2 amide bonds. The molecule has 0 heterocycles. The van der Waals surface area contributed by atoms with Crippen LogP contribution in [-0.2, 0) is 4.74 Å². The lowest BCUT2D eigenvalue weighted by Crippen LogP contribution is -2.61. The van der Waals surface area contributed by atoms with Crippen molar-refractivity contribution >= 4 is 12.0 Å². The Morgan fingerprint density at radius 3 is 2.50 bits per heavy atom. The molecule has 0 radical (unpaired) electrons. The molecule has 0 saturated heterocycles. The molecule has 2 saturated carbocycles. The van der Waals surface area contributed by atoms with Crippen molar-refractivity contribution in [3.63, 3.8) is 0 Å². The molecule has 0 aromatic heterocycles. The number of carbonyl (C=O) groups is 2. The highest BCUT2D eigenvalue weighted by molar-refractivity contribution is 5.95. The molecule has 2 aliphatic rings. The van der Waals surface area contributed by atoms with Crippen molar-refractivity contribution in [2.75, 3.05) is 13.2 Å². The highest BCUT2D eigenvalue weighted by Gasteiger charge is 2.50. The summed E-state index contributed by atoms with van der Waals surface area (Å²) < 4.78 is 5.39. The van der Waals surface area contributed by atoms with Crippen LogP contribution in [0, 0.1) is 11.3 Å². The number of amides is 2. The van der Waals surface area contributed by atoms with E-state index >= 15 is 0 Å². The average molecular weight is 430 g/mol. The third-order valence-electron chi connectivity index (χ3n) is 6.38. The van der Waals surface area contributed by atoms with E-state index < -0.39 is 5.54 Å². The molecule has 2 atom stereocenters.